The van der Waals surface area contributed by atoms with Crippen LogP contribution in [0.3, 0.4) is 0 Å². The van der Waals surface area contributed by atoms with Crippen molar-refractivity contribution in [2.24, 2.45) is 0 Å². The second kappa shape index (κ2) is 4.96. The second-order valence-electron chi connectivity index (χ2n) is 2.60. The summed E-state index contributed by atoms with van der Waals surface area (Å²) in [5.41, 5.74) is -0.667. The molecule has 0 aliphatic heterocycles. The molecule has 0 amide bonds. The van der Waals surface area contributed by atoms with Gasteiger partial charge in [-0.15, -0.1) is 0 Å². The summed E-state index contributed by atoms with van der Waals surface area (Å²) in [6.07, 6.45) is -2.90. The van der Waals surface area contributed by atoms with Crippen LogP contribution in [-0.4, -0.2) is 20.5 Å². The third-order valence-corrected chi connectivity index (χ3v) is 4.45. The van der Waals surface area contributed by atoms with E-state index >= 15 is 0 Å². The van der Waals surface area contributed by atoms with Crippen LogP contribution in [0.1, 0.15) is 12.1 Å². The fourth-order valence-electron chi connectivity index (χ4n) is 0.928. The van der Waals surface area contributed by atoms with E-state index in [9.17, 15) is 17.2 Å². The Morgan fingerprint density at radius 3 is 2.50 bits per heavy atom. The number of alkyl halides is 2. The molecule has 0 spiro atoms. The van der Waals surface area contributed by atoms with E-state index in [4.69, 9.17) is 10.7 Å². The Bertz CT molecular complexity index is 509. The van der Waals surface area contributed by atoms with E-state index in [0.717, 1.165) is 6.07 Å². The molecule has 0 unspecified atom stereocenters. The van der Waals surface area contributed by atoms with Gasteiger partial charge in [-0.3, -0.25) is 0 Å². The van der Waals surface area contributed by atoms with Crippen molar-refractivity contribution in [3.8, 4) is 5.88 Å². The molecule has 1 heterocycles. The number of methoxy groups -OCH3 is 1. The molecule has 0 aliphatic rings. The van der Waals surface area contributed by atoms with Crippen LogP contribution in [-0.2, 0) is 9.05 Å². The molecule has 16 heavy (non-hydrogen) atoms. The molecule has 0 saturated carbocycles. The Hall–Kier alpha value is -0.220. The topological polar surface area (TPSA) is 56.3 Å². The number of aromatic nitrogens is 1. The molecule has 9 heteroatoms. The molecule has 0 bridgehead atoms. The van der Waals surface area contributed by atoms with Gasteiger partial charge in [-0.2, -0.15) is 0 Å². The van der Waals surface area contributed by atoms with Gasteiger partial charge < -0.3 is 4.74 Å². The van der Waals surface area contributed by atoms with Gasteiger partial charge in [0.2, 0.25) is 5.88 Å². The maximum absolute atomic E-state index is 12.6. The highest BCUT2D eigenvalue weighted by Gasteiger charge is 2.24. The fourth-order valence-corrected chi connectivity index (χ4v) is 3.63. The third-order valence-electron chi connectivity index (χ3n) is 1.60. The monoisotopic (exact) mass is 383 g/mol. The van der Waals surface area contributed by atoms with Crippen molar-refractivity contribution >= 4 is 42.3 Å². The van der Waals surface area contributed by atoms with Crippen LogP contribution in [0.4, 0.5) is 8.78 Å². The van der Waals surface area contributed by atoms with E-state index < -0.39 is 26.1 Å². The van der Waals surface area contributed by atoms with Gasteiger partial charge in [0.05, 0.1) is 10.7 Å². The Morgan fingerprint density at radius 1 is 1.56 bits per heavy atom. The maximum atomic E-state index is 12.6. The lowest BCUT2D eigenvalue weighted by atomic mass is 10.3. The molecule has 0 radical (unpaired) electrons. The molecule has 1 rings (SSSR count). The van der Waals surface area contributed by atoms with Crippen molar-refractivity contribution in [3.63, 3.8) is 0 Å². The summed E-state index contributed by atoms with van der Waals surface area (Å²) in [5.74, 6) is -0.227. The van der Waals surface area contributed by atoms with E-state index in [1.807, 2.05) is 0 Å². The number of ether oxygens (including phenoxy) is 1. The fraction of sp³-hybridized carbons (Fsp3) is 0.286. The highest BCUT2D eigenvalue weighted by molar-refractivity contribution is 14.1. The Labute approximate surface area is 109 Å². The van der Waals surface area contributed by atoms with Crippen LogP contribution in [0.5, 0.6) is 5.88 Å². The van der Waals surface area contributed by atoms with Crippen LogP contribution >= 0.6 is 33.3 Å². The van der Waals surface area contributed by atoms with Gasteiger partial charge in [0.25, 0.3) is 15.5 Å². The number of hydrogen-bond donors (Lipinski definition) is 0. The minimum Gasteiger partial charge on any atom is -0.481 e. The standard InChI is InChI=1S/C7H5ClF2INO3S/c1-15-4-2-3(16(8,13)14)5(11)6(12-4)7(9)10/h2,7H,1H3. The minimum atomic E-state index is -4.11. The van der Waals surface area contributed by atoms with Crippen LogP contribution < -0.4 is 4.74 Å². The van der Waals surface area contributed by atoms with Crippen LogP contribution in [0.25, 0.3) is 0 Å². The molecule has 4 nitrogen and oxygen atoms in total. The van der Waals surface area contributed by atoms with E-state index in [1.165, 1.54) is 29.7 Å². The first-order valence-corrected chi connectivity index (χ1v) is 7.13. The number of nitrogens with zero attached hydrogens (tertiary/aromatic N) is 1. The Morgan fingerprint density at radius 2 is 2.12 bits per heavy atom. The van der Waals surface area contributed by atoms with Gasteiger partial charge in [-0.25, -0.2) is 22.2 Å². The number of hydrogen-bond acceptors (Lipinski definition) is 4. The third kappa shape index (κ3) is 2.92. The molecular formula is C7H5ClF2INO3S. The van der Waals surface area contributed by atoms with E-state index in [2.05, 4.69) is 9.72 Å². The second-order valence-corrected chi connectivity index (χ2v) is 6.21. The van der Waals surface area contributed by atoms with Gasteiger partial charge in [-0.1, -0.05) is 0 Å². The van der Waals surface area contributed by atoms with Crippen molar-refractivity contribution in [2.45, 2.75) is 11.3 Å². The van der Waals surface area contributed by atoms with Crippen molar-refractivity contribution in [2.75, 3.05) is 7.11 Å². The summed E-state index contributed by atoms with van der Waals surface area (Å²) in [6.45, 7) is 0. The molecule has 0 aromatic carbocycles. The molecule has 90 valence electrons. The zero-order chi connectivity index (χ0) is 12.5. The van der Waals surface area contributed by atoms with Crippen LogP contribution in [0.15, 0.2) is 11.0 Å². The molecule has 0 fully saturated rings. The largest absolute Gasteiger partial charge is 0.481 e. The molecule has 1 aromatic heterocycles. The zero-order valence-corrected chi connectivity index (χ0v) is 11.5. The van der Waals surface area contributed by atoms with Gasteiger partial charge in [0.1, 0.15) is 10.6 Å². The Balaban J connectivity index is 3.56. The summed E-state index contributed by atoms with van der Waals surface area (Å²) in [5, 5.41) is 0. The van der Waals surface area contributed by atoms with Gasteiger partial charge in [0, 0.05) is 16.7 Å². The first kappa shape index (κ1) is 13.8. The first-order valence-electron chi connectivity index (χ1n) is 3.74. The Kier molecular flexibility index (Phi) is 4.29. The highest BCUT2D eigenvalue weighted by Crippen LogP contribution is 2.32. The van der Waals surface area contributed by atoms with Crippen molar-refractivity contribution in [1.82, 2.24) is 4.98 Å². The number of halogens is 4. The molecule has 0 aliphatic carbocycles. The van der Waals surface area contributed by atoms with Crippen molar-refractivity contribution in [1.29, 1.82) is 0 Å². The SMILES string of the molecule is COc1cc(S(=O)(=O)Cl)c(I)c(C(F)F)n1. The summed E-state index contributed by atoms with van der Waals surface area (Å²) >= 11 is 1.45. The van der Waals surface area contributed by atoms with Crippen molar-refractivity contribution < 1.29 is 21.9 Å². The normalized spacial score (nSPS) is 11.9. The lowest BCUT2D eigenvalue weighted by Crippen LogP contribution is -2.04. The highest BCUT2D eigenvalue weighted by atomic mass is 127. The van der Waals surface area contributed by atoms with Crippen LogP contribution in [0.2, 0.25) is 0 Å². The smallest absolute Gasteiger partial charge is 0.281 e. The van der Waals surface area contributed by atoms with E-state index in [1.54, 1.807) is 0 Å². The molecule has 0 saturated heterocycles. The first-order chi connectivity index (χ1) is 7.27. The summed E-state index contributed by atoms with van der Waals surface area (Å²) in [7, 11) is 2.19. The predicted molar refractivity (Wildman–Crippen MR) is 61.5 cm³/mol. The van der Waals surface area contributed by atoms with Gasteiger partial charge in [-0.05, 0) is 22.6 Å². The average molecular weight is 384 g/mol. The van der Waals surface area contributed by atoms with Gasteiger partial charge in [0.15, 0.2) is 0 Å². The van der Waals surface area contributed by atoms with Gasteiger partial charge >= 0.3 is 0 Å². The molecule has 1 aromatic rings. The molecule has 0 N–H and O–H groups in total. The average Bonchev–Trinajstić information content (AvgIpc) is 2.15. The summed E-state index contributed by atoms with van der Waals surface area (Å²) < 4.78 is 51.8. The lowest BCUT2D eigenvalue weighted by Gasteiger charge is -2.08. The van der Waals surface area contributed by atoms with E-state index in [0.29, 0.717) is 0 Å². The van der Waals surface area contributed by atoms with Crippen molar-refractivity contribution in [3.05, 3.63) is 15.3 Å². The predicted octanol–water partition coefficient (Wildman–Crippen LogP) is 2.56. The summed E-state index contributed by atoms with van der Waals surface area (Å²) in [6, 6.07) is 0.996. The molecular weight excluding hydrogens is 379 g/mol. The number of rotatable bonds is 3. The number of pyridine rings is 1. The summed E-state index contributed by atoms with van der Waals surface area (Å²) in [4.78, 5) is 3.03. The lowest BCUT2D eigenvalue weighted by molar-refractivity contribution is 0.143. The maximum Gasteiger partial charge on any atom is 0.281 e. The zero-order valence-electron chi connectivity index (χ0n) is 7.75. The van der Waals surface area contributed by atoms with Crippen LogP contribution in [0, 0.1) is 3.57 Å². The quantitative estimate of drug-likeness (QED) is 0.595. The van der Waals surface area contributed by atoms with E-state index in [-0.39, 0.29) is 9.45 Å². The minimum absolute atomic E-state index is 0.205. The molecule has 0 atom stereocenters.